The maximum Gasteiger partial charge on any atom is 0.256 e. The fraction of sp³-hybridized carbons (Fsp3) is 0.417. The molecule has 4 heterocycles. The minimum atomic E-state index is -0.122. The first-order valence-electron chi connectivity index (χ1n) is 11.1. The molecule has 162 valence electrons. The van der Waals surface area contributed by atoms with E-state index >= 15 is 0 Å². The van der Waals surface area contributed by atoms with Gasteiger partial charge in [-0.3, -0.25) is 9.59 Å². The Morgan fingerprint density at radius 1 is 1.06 bits per heavy atom. The fourth-order valence-electron chi connectivity index (χ4n) is 4.95. The lowest BCUT2D eigenvalue weighted by Gasteiger charge is -2.32. The van der Waals surface area contributed by atoms with Crippen molar-refractivity contribution in [2.45, 2.75) is 32.6 Å². The molecule has 1 aromatic heterocycles. The van der Waals surface area contributed by atoms with Gasteiger partial charge < -0.3 is 20.1 Å². The van der Waals surface area contributed by atoms with Crippen LogP contribution in [0.3, 0.4) is 0 Å². The van der Waals surface area contributed by atoms with E-state index < -0.39 is 0 Å². The third kappa shape index (κ3) is 3.74. The molecule has 0 spiro atoms. The summed E-state index contributed by atoms with van der Waals surface area (Å²) in [5.74, 6) is -0.0162. The van der Waals surface area contributed by atoms with Crippen molar-refractivity contribution in [3.05, 3.63) is 50.8 Å². The van der Waals surface area contributed by atoms with Gasteiger partial charge in [-0.2, -0.15) is 0 Å². The molecule has 3 aliphatic heterocycles. The Balaban J connectivity index is 1.40. The number of carbonyl (C=O) groups is 2. The van der Waals surface area contributed by atoms with Crippen LogP contribution in [0, 0.1) is 6.92 Å². The number of nitrogens with zero attached hydrogens (tertiary/aromatic N) is 2. The van der Waals surface area contributed by atoms with Crippen LogP contribution in [0.4, 0.5) is 5.69 Å². The Kier molecular flexibility index (Phi) is 5.48. The second-order valence-corrected chi connectivity index (χ2v) is 9.49. The van der Waals surface area contributed by atoms with Gasteiger partial charge in [-0.15, -0.1) is 0 Å². The zero-order valence-corrected chi connectivity index (χ0v) is 19.3. The van der Waals surface area contributed by atoms with Crippen molar-refractivity contribution in [2.24, 2.45) is 0 Å². The first kappa shape index (κ1) is 20.5. The van der Waals surface area contributed by atoms with Gasteiger partial charge in [-0.1, -0.05) is 28.4 Å². The SMILES string of the molecule is Cc1c(/C=C2\C(=O)Nc3cccc(Br)c32)[nH]c2c1C(=O)N(CCN1CCCCC1)CC2. The van der Waals surface area contributed by atoms with E-state index in [1.54, 1.807) is 0 Å². The van der Waals surface area contributed by atoms with Gasteiger partial charge >= 0.3 is 0 Å². The quantitative estimate of drug-likeness (QED) is 0.645. The zero-order valence-electron chi connectivity index (χ0n) is 17.8. The molecule has 0 bridgehead atoms. The van der Waals surface area contributed by atoms with E-state index in [1.165, 1.54) is 19.3 Å². The summed E-state index contributed by atoms with van der Waals surface area (Å²) < 4.78 is 0.878. The molecule has 31 heavy (non-hydrogen) atoms. The highest BCUT2D eigenvalue weighted by molar-refractivity contribution is 9.10. The van der Waals surface area contributed by atoms with Crippen molar-refractivity contribution in [1.29, 1.82) is 0 Å². The van der Waals surface area contributed by atoms with Crippen molar-refractivity contribution in [3.8, 4) is 0 Å². The summed E-state index contributed by atoms with van der Waals surface area (Å²) in [5, 5.41) is 2.92. The van der Waals surface area contributed by atoms with E-state index in [4.69, 9.17) is 0 Å². The minimum absolute atomic E-state index is 0.106. The van der Waals surface area contributed by atoms with Gasteiger partial charge in [0.05, 0.1) is 16.8 Å². The number of carbonyl (C=O) groups excluding carboxylic acids is 2. The summed E-state index contributed by atoms with van der Waals surface area (Å²) in [5.41, 5.74) is 5.80. The lowest BCUT2D eigenvalue weighted by atomic mass is 10.0. The monoisotopic (exact) mass is 482 g/mol. The topological polar surface area (TPSA) is 68.4 Å². The molecular weight excluding hydrogens is 456 g/mol. The number of rotatable bonds is 4. The lowest BCUT2D eigenvalue weighted by Crippen LogP contribution is -2.43. The highest BCUT2D eigenvalue weighted by Gasteiger charge is 2.31. The summed E-state index contributed by atoms with van der Waals surface area (Å²) >= 11 is 3.56. The summed E-state index contributed by atoms with van der Waals surface area (Å²) in [6.45, 7) is 6.74. The maximum absolute atomic E-state index is 13.3. The number of aromatic nitrogens is 1. The van der Waals surface area contributed by atoms with Crippen LogP contribution in [0.1, 0.15) is 52.1 Å². The van der Waals surface area contributed by atoms with Gasteiger partial charge in [0.15, 0.2) is 0 Å². The van der Waals surface area contributed by atoms with E-state index in [0.29, 0.717) is 5.57 Å². The summed E-state index contributed by atoms with van der Waals surface area (Å²) in [6.07, 6.45) is 6.55. The van der Waals surface area contributed by atoms with Gasteiger partial charge in [0.1, 0.15) is 0 Å². The molecule has 0 atom stereocenters. The van der Waals surface area contributed by atoms with Crippen molar-refractivity contribution in [1.82, 2.24) is 14.8 Å². The van der Waals surface area contributed by atoms with E-state index in [0.717, 1.165) is 77.4 Å². The normalized spacial score (nSPS) is 20.2. The van der Waals surface area contributed by atoms with E-state index in [9.17, 15) is 9.59 Å². The number of anilines is 1. The highest BCUT2D eigenvalue weighted by atomic mass is 79.9. The van der Waals surface area contributed by atoms with Crippen LogP contribution in [0.15, 0.2) is 22.7 Å². The Bertz CT molecular complexity index is 1080. The highest BCUT2D eigenvalue weighted by Crippen LogP contribution is 2.39. The molecule has 2 aromatic rings. The molecule has 2 N–H and O–H groups in total. The molecule has 5 rings (SSSR count). The summed E-state index contributed by atoms with van der Waals surface area (Å²) in [7, 11) is 0. The molecule has 0 unspecified atom stereocenters. The van der Waals surface area contributed by atoms with Crippen LogP contribution >= 0.6 is 15.9 Å². The predicted octanol–water partition coefficient (Wildman–Crippen LogP) is 4.06. The zero-order chi connectivity index (χ0) is 21.5. The number of nitrogens with one attached hydrogen (secondary N) is 2. The van der Waals surface area contributed by atoms with E-state index in [-0.39, 0.29) is 11.8 Å². The molecule has 0 saturated carbocycles. The molecule has 3 aliphatic rings. The molecule has 1 aromatic carbocycles. The fourth-order valence-corrected chi connectivity index (χ4v) is 5.53. The number of aromatic amines is 1. The van der Waals surface area contributed by atoms with Crippen LogP contribution in [-0.4, -0.2) is 59.3 Å². The average Bonchev–Trinajstić information content (AvgIpc) is 3.26. The second-order valence-electron chi connectivity index (χ2n) is 8.64. The number of amides is 2. The molecule has 0 radical (unpaired) electrons. The third-order valence-corrected chi connectivity index (χ3v) is 7.36. The summed E-state index contributed by atoms with van der Waals surface area (Å²) in [4.78, 5) is 33.7. The Labute approximate surface area is 190 Å². The Hall–Kier alpha value is -2.38. The van der Waals surface area contributed by atoms with Crippen LogP contribution in [0.2, 0.25) is 0 Å². The molecule has 1 saturated heterocycles. The number of hydrogen-bond acceptors (Lipinski definition) is 3. The molecule has 0 aliphatic carbocycles. The van der Waals surface area contributed by atoms with Gasteiger partial charge in [0, 0.05) is 47.5 Å². The minimum Gasteiger partial charge on any atom is -0.358 e. The number of fused-ring (bicyclic) bond motifs is 2. The van der Waals surface area contributed by atoms with Gasteiger partial charge in [0.25, 0.3) is 11.8 Å². The molecular formula is C24H27BrN4O2. The predicted molar refractivity (Wildman–Crippen MR) is 126 cm³/mol. The number of piperidine rings is 1. The number of likely N-dealkylation sites (tertiary alicyclic amines) is 1. The van der Waals surface area contributed by atoms with Crippen molar-refractivity contribution < 1.29 is 9.59 Å². The van der Waals surface area contributed by atoms with Crippen molar-refractivity contribution >= 4 is 45.1 Å². The second kappa shape index (κ2) is 8.28. The Morgan fingerprint density at radius 2 is 1.87 bits per heavy atom. The standard InChI is InChI=1S/C24H27BrN4O2/c1-15-20(14-16-22-17(25)6-5-7-18(22)27-23(16)30)26-19-8-11-29(24(31)21(15)19)13-12-28-9-3-2-4-10-28/h5-7,14,26H,2-4,8-13H2,1H3,(H,27,30)/b16-14-. The van der Waals surface area contributed by atoms with E-state index in [1.807, 2.05) is 36.1 Å². The number of hydrogen-bond donors (Lipinski definition) is 2. The largest absolute Gasteiger partial charge is 0.358 e. The van der Waals surface area contributed by atoms with Crippen molar-refractivity contribution in [3.63, 3.8) is 0 Å². The van der Waals surface area contributed by atoms with Crippen LogP contribution < -0.4 is 5.32 Å². The van der Waals surface area contributed by atoms with Gasteiger partial charge in [0.2, 0.25) is 0 Å². The first-order chi connectivity index (χ1) is 15.0. The number of halogens is 1. The van der Waals surface area contributed by atoms with Crippen LogP contribution in [0.25, 0.3) is 11.6 Å². The van der Waals surface area contributed by atoms with Gasteiger partial charge in [-0.25, -0.2) is 0 Å². The number of H-pyrrole nitrogens is 1. The van der Waals surface area contributed by atoms with Crippen LogP contribution in [0.5, 0.6) is 0 Å². The lowest BCUT2D eigenvalue weighted by molar-refractivity contribution is -0.110. The summed E-state index contributed by atoms with van der Waals surface area (Å²) in [6, 6.07) is 5.74. The van der Waals surface area contributed by atoms with Crippen LogP contribution in [-0.2, 0) is 11.2 Å². The smallest absolute Gasteiger partial charge is 0.256 e. The maximum atomic E-state index is 13.3. The molecule has 6 nitrogen and oxygen atoms in total. The van der Waals surface area contributed by atoms with Gasteiger partial charge in [-0.05, 0) is 56.6 Å². The first-order valence-corrected chi connectivity index (χ1v) is 11.9. The average molecular weight is 483 g/mol. The molecule has 2 amide bonds. The molecule has 1 fully saturated rings. The van der Waals surface area contributed by atoms with Crippen molar-refractivity contribution in [2.75, 3.05) is 38.0 Å². The molecule has 7 heteroatoms. The Morgan fingerprint density at radius 3 is 2.68 bits per heavy atom. The van der Waals surface area contributed by atoms with E-state index in [2.05, 4.69) is 31.1 Å². The number of benzene rings is 1. The third-order valence-electron chi connectivity index (χ3n) is 6.70.